The number of anilines is 1. The molecule has 3 aromatic carbocycles. The minimum absolute atomic E-state index is 0.0683. The number of carbonyl (C=O) groups is 3. The molecule has 0 unspecified atom stereocenters. The summed E-state index contributed by atoms with van der Waals surface area (Å²) in [6.45, 7) is 9.20. The third-order valence-corrected chi connectivity index (χ3v) is 5.79. The van der Waals surface area contributed by atoms with E-state index in [1.54, 1.807) is 31.2 Å². The normalized spacial score (nSPS) is 10.9. The third-order valence-electron chi connectivity index (χ3n) is 5.79. The third kappa shape index (κ3) is 9.81. The van der Waals surface area contributed by atoms with Crippen LogP contribution < -0.4 is 20.1 Å². The van der Waals surface area contributed by atoms with Crippen LogP contribution in [0.5, 0.6) is 11.5 Å². The van der Waals surface area contributed by atoms with Crippen LogP contribution >= 0.6 is 0 Å². The first-order valence-corrected chi connectivity index (χ1v) is 13.0. The summed E-state index contributed by atoms with van der Waals surface area (Å²) in [7, 11) is 0. The average Bonchev–Trinajstić information content (AvgIpc) is 2.90. The van der Waals surface area contributed by atoms with E-state index in [1.165, 1.54) is 17.7 Å². The highest BCUT2D eigenvalue weighted by atomic mass is 16.7. The van der Waals surface area contributed by atoms with Gasteiger partial charge in [-0.25, -0.2) is 4.79 Å². The van der Waals surface area contributed by atoms with Gasteiger partial charge in [-0.3, -0.25) is 9.59 Å². The molecular weight excluding hydrogens is 496 g/mol. The minimum atomic E-state index is -0.797. The summed E-state index contributed by atoms with van der Waals surface area (Å²) >= 11 is 0. The molecule has 3 rings (SSSR count). The Hall–Kier alpha value is -4.33. The van der Waals surface area contributed by atoms with Crippen molar-refractivity contribution < 1.29 is 28.6 Å². The summed E-state index contributed by atoms with van der Waals surface area (Å²) < 4.78 is 15.5. The number of nitrogens with one attached hydrogen (secondary N) is 2. The van der Waals surface area contributed by atoms with Gasteiger partial charge in [-0.1, -0.05) is 45.0 Å². The summed E-state index contributed by atoms with van der Waals surface area (Å²) in [5.74, 6) is 0.695. The largest absolute Gasteiger partial charge is 0.513 e. The van der Waals surface area contributed by atoms with Crippen LogP contribution in [0.4, 0.5) is 10.5 Å². The first-order chi connectivity index (χ1) is 18.6. The van der Waals surface area contributed by atoms with Crippen molar-refractivity contribution in [3.8, 4) is 11.5 Å². The molecule has 206 valence electrons. The van der Waals surface area contributed by atoms with Crippen molar-refractivity contribution in [2.75, 3.05) is 18.5 Å². The molecule has 3 aromatic rings. The fraction of sp³-hybridized carbons (Fsp3) is 0.323. The van der Waals surface area contributed by atoms with Gasteiger partial charge in [-0.05, 0) is 78.4 Å². The van der Waals surface area contributed by atoms with Crippen LogP contribution in [0.3, 0.4) is 0 Å². The molecule has 0 radical (unpaired) electrons. The van der Waals surface area contributed by atoms with Gasteiger partial charge in [-0.15, -0.1) is 0 Å². The lowest BCUT2D eigenvalue weighted by Crippen LogP contribution is -2.23. The Morgan fingerprint density at radius 3 is 2.23 bits per heavy atom. The predicted octanol–water partition coefficient (Wildman–Crippen LogP) is 6.25. The van der Waals surface area contributed by atoms with Crippen LogP contribution in [0.1, 0.15) is 62.0 Å². The van der Waals surface area contributed by atoms with E-state index in [4.69, 9.17) is 14.2 Å². The average molecular weight is 533 g/mol. The SMILES string of the molecule is CCOC(=O)Oc1ccc(C(=O)Nc2cccc(CNC(=O)CCCOc3ccc(C(C)(C)C)cc3)c2)cc1. The smallest absolute Gasteiger partial charge is 0.494 e. The molecule has 0 saturated carbocycles. The summed E-state index contributed by atoms with van der Waals surface area (Å²) in [6, 6.07) is 21.5. The zero-order valence-corrected chi connectivity index (χ0v) is 22.9. The number of amides is 2. The highest BCUT2D eigenvalue weighted by Gasteiger charge is 2.13. The summed E-state index contributed by atoms with van der Waals surface area (Å²) in [5.41, 5.74) is 3.20. The quantitative estimate of drug-likeness (QED) is 0.172. The van der Waals surface area contributed by atoms with Gasteiger partial charge in [0.15, 0.2) is 0 Å². The van der Waals surface area contributed by atoms with E-state index in [0.717, 1.165) is 11.3 Å². The molecule has 0 aliphatic heterocycles. The van der Waals surface area contributed by atoms with E-state index in [0.29, 0.717) is 37.2 Å². The molecule has 0 bridgehead atoms. The van der Waals surface area contributed by atoms with Crippen molar-refractivity contribution in [2.45, 2.75) is 52.5 Å². The molecule has 0 fully saturated rings. The maximum absolute atomic E-state index is 12.6. The lowest BCUT2D eigenvalue weighted by Gasteiger charge is -2.19. The molecule has 0 heterocycles. The minimum Gasteiger partial charge on any atom is -0.494 e. The molecule has 0 aliphatic carbocycles. The van der Waals surface area contributed by atoms with Crippen LogP contribution in [-0.2, 0) is 21.5 Å². The zero-order valence-electron chi connectivity index (χ0n) is 22.9. The van der Waals surface area contributed by atoms with Crippen molar-refractivity contribution in [2.24, 2.45) is 0 Å². The van der Waals surface area contributed by atoms with Crippen molar-refractivity contribution >= 4 is 23.7 Å². The maximum atomic E-state index is 12.6. The van der Waals surface area contributed by atoms with Gasteiger partial charge >= 0.3 is 6.16 Å². The molecule has 39 heavy (non-hydrogen) atoms. The Kier molecular flexibility index (Phi) is 10.5. The van der Waals surface area contributed by atoms with Crippen molar-refractivity contribution in [3.63, 3.8) is 0 Å². The summed E-state index contributed by atoms with van der Waals surface area (Å²) in [5, 5.41) is 5.74. The first kappa shape index (κ1) is 29.2. The Balaban J connectivity index is 1.40. The van der Waals surface area contributed by atoms with Crippen molar-refractivity contribution in [3.05, 3.63) is 89.5 Å². The summed E-state index contributed by atoms with van der Waals surface area (Å²) in [4.78, 5) is 36.3. The fourth-order valence-electron chi connectivity index (χ4n) is 3.64. The van der Waals surface area contributed by atoms with Crippen LogP contribution in [-0.4, -0.2) is 31.2 Å². The number of hydrogen-bond acceptors (Lipinski definition) is 6. The Labute approximate surface area is 229 Å². The molecule has 0 aromatic heterocycles. The van der Waals surface area contributed by atoms with Crippen LogP contribution in [0.25, 0.3) is 0 Å². The van der Waals surface area contributed by atoms with E-state index >= 15 is 0 Å². The first-order valence-electron chi connectivity index (χ1n) is 13.0. The van der Waals surface area contributed by atoms with E-state index in [9.17, 15) is 14.4 Å². The second-order valence-electron chi connectivity index (χ2n) is 9.97. The second kappa shape index (κ2) is 14.0. The van der Waals surface area contributed by atoms with Gasteiger partial charge in [0.25, 0.3) is 5.91 Å². The Bertz CT molecular complexity index is 1250. The summed E-state index contributed by atoms with van der Waals surface area (Å²) in [6.07, 6.45) is 0.160. The molecule has 0 saturated heterocycles. The number of benzene rings is 3. The molecule has 0 aliphatic rings. The van der Waals surface area contributed by atoms with E-state index in [2.05, 4.69) is 43.5 Å². The second-order valence-corrected chi connectivity index (χ2v) is 9.97. The molecule has 2 amide bonds. The van der Waals surface area contributed by atoms with Crippen LogP contribution in [0.2, 0.25) is 0 Å². The number of hydrogen-bond donors (Lipinski definition) is 2. The maximum Gasteiger partial charge on any atom is 0.513 e. The van der Waals surface area contributed by atoms with Gasteiger partial charge in [0.2, 0.25) is 5.91 Å². The molecule has 0 atom stereocenters. The Morgan fingerprint density at radius 2 is 1.56 bits per heavy atom. The van der Waals surface area contributed by atoms with Crippen LogP contribution in [0, 0.1) is 0 Å². The van der Waals surface area contributed by atoms with Crippen molar-refractivity contribution in [1.29, 1.82) is 0 Å². The highest BCUT2D eigenvalue weighted by Crippen LogP contribution is 2.24. The van der Waals surface area contributed by atoms with Crippen molar-refractivity contribution in [1.82, 2.24) is 5.32 Å². The Morgan fingerprint density at radius 1 is 0.872 bits per heavy atom. The monoisotopic (exact) mass is 532 g/mol. The number of carbonyl (C=O) groups excluding carboxylic acids is 3. The van der Waals surface area contributed by atoms with E-state index in [1.807, 2.05) is 24.3 Å². The van der Waals surface area contributed by atoms with Gasteiger partial charge in [0, 0.05) is 24.2 Å². The van der Waals surface area contributed by atoms with Gasteiger partial charge in [0.05, 0.1) is 13.2 Å². The lowest BCUT2D eigenvalue weighted by molar-refractivity contribution is -0.121. The van der Waals surface area contributed by atoms with Gasteiger partial charge in [0.1, 0.15) is 11.5 Å². The zero-order chi connectivity index (χ0) is 28.3. The predicted molar refractivity (Wildman–Crippen MR) is 150 cm³/mol. The van der Waals surface area contributed by atoms with Gasteiger partial charge < -0.3 is 24.8 Å². The topological polar surface area (TPSA) is 103 Å². The molecular formula is C31H36N2O6. The highest BCUT2D eigenvalue weighted by molar-refractivity contribution is 6.04. The van der Waals surface area contributed by atoms with Gasteiger partial charge in [-0.2, -0.15) is 0 Å². The fourth-order valence-corrected chi connectivity index (χ4v) is 3.64. The lowest BCUT2D eigenvalue weighted by atomic mass is 9.87. The number of ether oxygens (including phenoxy) is 3. The van der Waals surface area contributed by atoms with E-state index < -0.39 is 6.16 Å². The molecule has 2 N–H and O–H groups in total. The number of rotatable bonds is 11. The molecule has 8 nitrogen and oxygen atoms in total. The molecule has 0 spiro atoms. The standard InChI is InChI=1S/C31H36N2O6/c1-5-37-30(36)39-27-15-11-23(12-16-27)29(35)33-25-9-6-8-22(20-25)21-32-28(34)10-7-19-38-26-17-13-24(14-18-26)31(2,3)4/h6,8-9,11-18,20H,5,7,10,19,21H2,1-4H3,(H,32,34)(H,33,35). The molecule has 8 heteroatoms. The van der Waals surface area contributed by atoms with E-state index in [-0.39, 0.29) is 29.6 Å². The van der Waals surface area contributed by atoms with Crippen LogP contribution in [0.15, 0.2) is 72.8 Å².